The number of alkyl halides is 1. The van der Waals surface area contributed by atoms with Crippen LogP contribution in [0.5, 0.6) is 0 Å². The lowest BCUT2D eigenvalue weighted by Crippen LogP contribution is -2.30. The van der Waals surface area contributed by atoms with Gasteiger partial charge in [0.15, 0.2) is 0 Å². The molecule has 3 heteroatoms. The second-order valence-corrected chi connectivity index (χ2v) is 6.07. The highest BCUT2D eigenvalue weighted by atomic mass is 35.5. The highest BCUT2D eigenvalue weighted by Gasteiger charge is 2.14. The van der Waals surface area contributed by atoms with Gasteiger partial charge in [0.05, 0.1) is 0 Å². The molecule has 0 saturated heterocycles. The Kier molecular flexibility index (Phi) is 5.21. The summed E-state index contributed by atoms with van der Waals surface area (Å²) in [5.41, 5.74) is 2.54. The Morgan fingerprint density at radius 2 is 1.83 bits per heavy atom. The van der Waals surface area contributed by atoms with E-state index in [1.165, 1.54) is 5.56 Å². The Hall–Kier alpha value is -1.02. The topological polar surface area (TPSA) is 29.1 Å². The van der Waals surface area contributed by atoms with Gasteiger partial charge in [-0.3, -0.25) is 4.79 Å². The maximum absolute atomic E-state index is 11.5. The molecule has 2 nitrogen and oxygen atoms in total. The lowest BCUT2D eigenvalue weighted by Gasteiger charge is -2.19. The third kappa shape index (κ3) is 4.34. The van der Waals surface area contributed by atoms with Crippen LogP contribution in [0.2, 0.25) is 0 Å². The van der Waals surface area contributed by atoms with Crippen LogP contribution in [0.1, 0.15) is 45.2 Å². The maximum atomic E-state index is 11.5. The highest BCUT2D eigenvalue weighted by Crippen LogP contribution is 2.22. The fraction of sp³-hybridized carbons (Fsp3) is 0.533. The average molecular weight is 268 g/mol. The van der Waals surface area contributed by atoms with Crippen LogP contribution in [0, 0.1) is 0 Å². The zero-order valence-electron chi connectivity index (χ0n) is 11.6. The Morgan fingerprint density at radius 3 is 2.28 bits per heavy atom. The van der Waals surface area contributed by atoms with Crippen LogP contribution >= 0.6 is 11.6 Å². The summed E-state index contributed by atoms with van der Waals surface area (Å²) < 4.78 is 0. The highest BCUT2D eigenvalue weighted by molar-refractivity contribution is 6.30. The predicted octanol–water partition coefficient (Wildman–Crippen LogP) is 3.62. The second kappa shape index (κ2) is 6.24. The van der Waals surface area contributed by atoms with E-state index in [9.17, 15) is 4.79 Å². The van der Waals surface area contributed by atoms with Crippen molar-refractivity contribution in [2.45, 2.75) is 51.5 Å². The molecule has 0 fully saturated rings. The van der Waals surface area contributed by atoms with Gasteiger partial charge in [-0.2, -0.15) is 0 Å². The van der Waals surface area contributed by atoms with E-state index in [4.69, 9.17) is 11.6 Å². The smallest absolute Gasteiger partial charge is 0.238 e. The lowest BCUT2D eigenvalue weighted by molar-refractivity contribution is -0.120. The fourth-order valence-corrected chi connectivity index (χ4v) is 1.69. The van der Waals surface area contributed by atoms with Crippen molar-refractivity contribution in [3.05, 3.63) is 35.4 Å². The number of hydrogen-bond donors (Lipinski definition) is 1. The summed E-state index contributed by atoms with van der Waals surface area (Å²) in [6.45, 7) is 8.98. The monoisotopic (exact) mass is 267 g/mol. The Morgan fingerprint density at radius 1 is 1.28 bits per heavy atom. The van der Waals surface area contributed by atoms with E-state index < -0.39 is 5.38 Å². The minimum absolute atomic E-state index is 0.0981. The third-order valence-corrected chi connectivity index (χ3v) is 3.44. The van der Waals surface area contributed by atoms with Crippen LogP contribution in [0.15, 0.2) is 24.3 Å². The molecule has 1 rings (SSSR count). The van der Waals surface area contributed by atoms with Crippen LogP contribution in [-0.2, 0) is 16.8 Å². The van der Waals surface area contributed by atoms with Gasteiger partial charge in [0.1, 0.15) is 5.38 Å². The molecule has 0 spiro atoms. The maximum Gasteiger partial charge on any atom is 0.238 e. The Labute approximate surface area is 115 Å². The van der Waals surface area contributed by atoms with E-state index >= 15 is 0 Å². The van der Waals surface area contributed by atoms with E-state index in [0.29, 0.717) is 13.0 Å². The SMILES string of the molecule is CCC(Cl)C(=O)NCc1ccc(C(C)(C)C)cc1. The first kappa shape index (κ1) is 15.0. The summed E-state index contributed by atoms with van der Waals surface area (Å²) in [7, 11) is 0. The quantitative estimate of drug-likeness (QED) is 0.830. The van der Waals surface area contributed by atoms with Gasteiger partial charge in [0.2, 0.25) is 5.91 Å². The molecular formula is C15H22ClNO. The van der Waals surface area contributed by atoms with E-state index in [1.807, 2.05) is 6.92 Å². The molecule has 18 heavy (non-hydrogen) atoms. The van der Waals surface area contributed by atoms with E-state index in [0.717, 1.165) is 5.56 Å². The zero-order valence-corrected chi connectivity index (χ0v) is 12.3. The minimum atomic E-state index is -0.432. The van der Waals surface area contributed by atoms with Gasteiger partial charge in [0, 0.05) is 6.54 Å². The third-order valence-electron chi connectivity index (χ3n) is 2.93. The molecule has 1 aromatic rings. The van der Waals surface area contributed by atoms with Gasteiger partial charge in [-0.25, -0.2) is 0 Å². The molecule has 0 aliphatic carbocycles. The molecule has 1 amide bonds. The standard InChI is InChI=1S/C15H22ClNO/c1-5-13(16)14(18)17-10-11-6-8-12(9-7-11)15(2,3)4/h6-9,13H,5,10H2,1-4H3,(H,17,18). The molecule has 0 bridgehead atoms. The second-order valence-electron chi connectivity index (χ2n) is 5.54. The number of benzene rings is 1. The largest absolute Gasteiger partial charge is 0.351 e. The molecule has 0 aromatic heterocycles. The Balaban J connectivity index is 2.57. The van der Waals surface area contributed by atoms with Crippen molar-refractivity contribution in [2.75, 3.05) is 0 Å². The first-order valence-electron chi connectivity index (χ1n) is 6.35. The number of hydrogen-bond acceptors (Lipinski definition) is 1. The van der Waals surface area contributed by atoms with Crippen molar-refractivity contribution in [3.8, 4) is 0 Å². The van der Waals surface area contributed by atoms with Gasteiger partial charge < -0.3 is 5.32 Å². The van der Waals surface area contributed by atoms with Gasteiger partial charge in [-0.15, -0.1) is 11.6 Å². The van der Waals surface area contributed by atoms with Gasteiger partial charge in [-0.05, 0) is 23.0 Å². The summed E-state index contributed by atoms with van der Waals surface area (Å²) >= 11 is 5.85. The van der Waals surface area contributed by atoms with Crippen molar-refractivity contribution in [1.82, 2.24) is 5.32 Å². The van der Waals surface area contributed by atoms with E-state index in [-0.39, 0.29) is 11.3 Å². The number of amides is 1. The van der Waals surface area contributed by atoms with Gasteiger partial charge in [-0.1, -0.05) is 52.0 Å². The zero-order chi connectivity index (χ0) is 13.8. The molecule has 0 aliphatic rings. The normalized spacial score (nSPS) is 13.2. The molecule has 1 atom stereocenters. The number of carbonyl (C=O) groups excluding carboxylic acids is 1. The summed E-state index contributed by atoms with van der Waals surface area (Å²) in [6, 6.07) is 8.32. The number of rotatable bonds is 4. The molecule has 0 heterocycles. The molecule has 0 radical (unpaired) electrons. The van der Waals surface area contributed by atoms with Gasteiger partial charge >= 0.3 is 0 Å². The molecule has 1 unspecified atom stereocenters. The van der Waals surface area contributed by atoms with Crippen molar-refractivity contribution in [3.63, 3.8) is 0 Å². The summed E-state index contributed by atoms with van der Waals surface area (Å²) in [6.07, 6.45) is 0.649. The van der Waals surface area contributed by atoms with Gasteiger partial charge in [0.25, 0.3) is 0 Å². The number of nitrogens with one attached hydrogen (secondary N) is 1. The molecular weight excluding hydrogens is 246 g/mol. The molecule has 100 valence electrons. The van der Waals surface area contributed by atoms with Crippen molar-refractivity contribution in [1.29, 1.82) is 0 Å². The first-order chi connectivity index (χ1) is 8.34. The van der Waals surface area contributed by atoms with Crippen molar-refractivity contribution < 1.29 is 4.79 Å². The lowest BCUT2D eigenvalue weighted by atomic mass is 9.87. The van der Waals surface area contributed by atoms with Crippen molar-refractivity contribution >= 4 is 17.5 Å². The van der Waals surface area contributed by atoms with E-state index in [2.05, 4.69) is 50.4 Å². The Bertz CT molecular complexity index is 392. The summed E-state index contributed by atoms with van der Waals surface area (Å²) in [5.74, 6) is -0.0981. The summed E-state index contributed by atoms with van der Waals surface area (Å²) in [5, 5.41) is 2.41. The fourth-order valence-electron chi connectivity index (χ4n) is 1.61. The predicted molar refractivity (Wildman–Crippen MR) is 76.9 cm³/mol. The van der Waals surface area contributed by atoms with Crippen LogP contribution in [0.3, 0.4) is 0 Å². The first-order valence-corrected chi connectivity index (χ1v) is 6.79. The number of halogens is 1. The molecule has 0 aliphatic heterocycles. The van der Waals surface area contributed by atoms with Crippen LogP contribution in [-0.4, -0.2) is 11.3 Å². The summed E-state index contributed by atoms with van der Waals surface area (Å²) in [4.78, 5) is 11.5. The average Bonchev–Trinajstić information content (AvgIpc) is 2.34. The molecule has 1 N–H and O–H groups in total. The van der Waals surface area contributed by atoms with E-state index in [1.54, 1.807) is 0 Å². The van der Waals surface area contributed by atoms with Crippen LogP contribution in [0.4, 0.5) is 0 Å². The van der Waals surface area contributed by atoms with Crippen molar-refractivity contribution in [2.24, 2.45) is 0 Å². The van der Waals surface area contributed by atoms with Crippen LogP contribution < -0.4 is 5.32 Å². The minimum Gasteiger partial charge on any atom is -0.351 e. The van der Waals surface area contributed by atoms with Crippen LogP contribution in [0.25, 0.3) is 0 Å². The molecule has 0 saturated carbocycles. The molecule has 1 aromatic carbocycles. The number of carbonyl (C=O) groups is 1.